The molecule has 4 bridgehead atoms. The van der Waals surface area contributed by atoms with Crippen molar-refractivity contribution in [3.8, 4) is 0 Å². The third-order valence-corrected chi connectivity index (χ3v) is 33.1. The summed E-state index contributed by atoms with van der Waals surface area (Å²) in [5, 5.41) is 27.6. The fourth-order valence-corrected chi connectivity index (χ4v) is 24.7. The van der Waals surface area contributed by atoms with Crippen LogP contribution in [0.1, 0.15) is 335 Å². The van der Waals surface area contributed by atoms with Crippen molar-refractivity contribution in [1.82, 2.24) is 0 Å². The molecule has 12 atom stereocenters. The van der Waals surface area contributed by atoms with Gasteiger partial charge in [0.1, 0.15) is 0 Å². The number of nitrogens with zero attached hydrogens (tertiary/aromatic N) is 6. The van der Waals surface area contributed by atoms with Crippen LogP contribution in [0.15, 0.2) is 182 Å². The molecule has 3 N–H and O–H groups in total. The first-order chi connectivity index (χ1) is 62.5. The zero-order chi connectivity index (χ0) is 93.8. The molecule has 6 aromatic carbocycles. The second-order valence-corrected chi connectivity index (χ2v) is 43.2. The van der Waals surface area contributed by atoms with Crippen LogP contribution >= 0.6 is 0 Å². The average Bonchev–Trinajstić information content (AvgIpc) is 1.61. The van der Waals surface area contributed by atoms with Crippen molar-refractivity contribution in [1.29, 1.82) is 0 Å². The summed E-state index contributed by atoms with van der Waals surface area (Å²) >= 11 is 0. The Kier molecular flexibility index (Phi) is 47.5. The standard InChI is InChI=1S/C21H32NO.C20H30NO2.2C19H30NO.2C18H28NO2.2CH4/c1-4-5-11-20(21(23)16-9-7-6-8-10-16)17-14-18-12-13-19(15-17)22(18,2)3;1-21(2)17-10-11-18(21)14-16(13-17)19(9-6-12-22)20(23)15-7-4-3-5-8-15;1-4-5-13-17(18-14-9-10-15-20(18,2)3)19(21)16-11-7-6-8-12-16;1-3-4-14-18(19(21)17-12-8-7-9-13-17)20(2)15-10-5-6-11-16-20;1-19(2)13-7-6-12-17(19)16(11-8-14-20)18(21)15-9-4-3-5-10-15;1-19(13-7-2-3-8-14-19)17(12-9-15-20)18(21)16-10-5-4-6-11-16;;/h6-10,17-20H,4-5,11-15H2,1-3H3;3-5,7-8,16-19,22H,6,9-14H2,1-2H3;6-8,11-12,17-18H,4-5,9-10,13-15H2,1-3H3;7-9,12-13,18H,3-6,10-11,14-16H2,1-2H3;3-5,9-10,16-17,20H,6-8,11-14H2,1-2H3;4-6,10-11,17,20H,2-3,7-9,12-15H2,1H3;2*1H4/q6*+1;;. The number of fused-ring (bicyclic) bond motifs is 4. The average molecular weight is 1820 g/mol. The Morgan fingerprint density at radius 2 is 0.492 bits per heavy atom. The summed E-state index contributed by atoms with van der Waals surface area (Å²) in [7, 11) is 23.2. The highest BCUT2D eigenvalue weighted by Crippen LogP contribution is 2.48. The molecular weight excluding hydrogens is 1630 g/mol. The number of piperidine rings is 4. The molecule has 6 aromatic rings. The molecule has 0 amide bonds. The molecule has 8 saturated heterocycles. The molecule has 8 fully saturated rings. The van der Waals surface area contributed by atoms with Gasteiger partial charge in [0, 0.05) is 142 Å². The van der Waals surface area contributed by atoms with E-state index in [1.54, 1.807) is 0 Å². The Balaban J connectivity index is 0.000000216. The highest BCUT2D eigenvalue weighted by molar-refractivity contribution is 6.01. The van der Waals surface area contributed by atoms with E-state index in [0.717, 1.165) is 178 Å². The molecule has 15 nitrogen and oxygen atoms in total. The maximum absolute atomic E-state index is 13.1. The van der Waals surface area contributed by atoms with Gasteiger partial charge in [-0.25, -0.2) is 0 Å². The topological polar surface area (TPSA) is 163 Å². The highest BCUT2D eigenvalue weighted by Gasteiger charge is 2.54. The second-order valence-electron chi connectivity index (χ2n) is 43.2. The molecule has 8 aliphatic rings. The molecule has 0 radical (unpaired) electrons. The number of aliphatic hydroxyl groups excluding tert-OH is 3. The van der Waals surface area contributed by atoms with Gasteiger partial charge in [0.2, 0.25) is 11.6 Å². The van der Waals surface area contributed by atoms with Crippen LogP contribution in [0.4, 0.5) is 0 Å². The van der Waals surface area contributed by atoms with Crippen LogP contribution in [0, 0.1) is 35.5 Å². The van der Waals surface area contributed by atoms with Crippen LogP contribution in [0.3, 0.4) is 0 Å². The van der Waals surface area contributed by atoms with E-state index in [9.17, 15) is 44.1 Å². The first-order valence-electron chi connectivity index (χ1n) is 51.9. The monoisotopic (exact) mass is 1820 g/mol. The van der Waals surface area contributed by atoms with E-state index < -0.39 is 0 Å². The van der Waals surface area contributed by atoms with E-state index in [1.165, 1.54) is 159 Å². The van der Waals surface area contributed by atoms with Gasteiger partial charge in [-0.05, 0) is 140 Å². The SMILES string of the molecule is C.C.CCCCC(C(=O)c1ccccc1)C1CC2CCC(C1)[N+]2(C)C.CCCCC(C(=O)c1ccccc1)C1CCCC[N+]1(C)C.CCCCC(C(=O)c1ccccc1)[N+]1(C)CCCCCC1.C[N+]1(C(CCCO)C(=O)c2ccccc2)CCCCCC1.C[N+]1(C)C2CCC1CC(C(CCCO)C(=O)c1ccccc1)C2.C[N+]1(C)CCCCC1C(CCCO)C(=O)c1ccccc1. The number of hydrogen-bond donors (Lipinski definition) is 3. The molecule has 0 aliphatic carbocycles. The van der Waals surface area contributed by atoms with Gasteiger partial charge >= 0.3 is 0 Å². The summed E-state index contributed by atoms with van der Waals surface area (Å²) in [6.07, 6.45) is 42.3. The number of carbonyl (C=O) groups is 6. The summed E-state index contributed by atoms with van der Waals surface area (Å²) in [6.45, 7) is 14.0. The lowest BCUT2D eigenvalue weighted by Gasteiger charge is -2.46. The molecule has 8 aliphatic heterocycles. The van der Waals surface area contributed by atoms with E-state index in [-0.39, 0.29) is 87.8 Å². The number of Topliss-reactive ketones (excluding diaryl/α,β-unsaturated/α-hetero) is 6. The van der Waals surface area contributed by atoms with Crippen molar-refractivity contribution >= 4 is 34.7 Å². The molecule has 732 valence electrons. The third kappa shape index (κ3) is 31.5. The van der Waals surface area contributed by atoms with E-state index in [0.29, 0.717) is 66.2 Å². The molecule has 0 spiro atoms. The molecule has 8 heterocycles. The normalized spacial score (nSPS) is 24.0. The number of aliphatic hydroxyl groups is 3. The number of benzene rings is 6. The largest absolute Gasteiger partial charge is 0.396 e. The third-order valence-electron chi connectivity index (χ3n) is 33.1. The molecule has 0 saturated carbocycles. The molecule has 14 rings (SSSR count). The van der Waals surface area contributed by atoms with Gasteiger partial charge in [-0.15, -0.1) is 0 Å². The van der Waals surface area contributed by atoms with Crippen molar-refractivity contribution < 1.29 is 71.0 Å². The van der Waals surface area contributed by atoms with Gasteiger partial charge in [-0.1, -0.05) is 250 Å². The quantitative estimate of drug-likeness (QED) is 0.0257. The molecule has 12 unspecified atom stereocenters. The summed E-state index contributed by atoms with van der Waals surface area (Å²) in [6, 6.07) is 62.7. The number of unbranched alkanes of at least 4 members (excludes halogenated alkanes) is 3. The van der Waals surface area contributed by atoms with Crippen LogP contribution in [0.5, 0.6) is 0 Å². The van der Waals surface area contributed by atoms with E-state index in [4.69, 9.17) is 0 Å². The van der Waals surface area contributed by atoms with Gasteiger partial charge in [0.25, 0.3) is 0 Å². The van der Waals surface area contributed by atoms with Crippen molar-refractivity contribution in [2.24, 2.45) is 35.5 Å². The Labute approximate surface area is 802 Å². The van der Waals surface area contributed by atoms with Gasteiger partial charge in [0.05, 0.1) is 158 Å². The highest BCUT2D eigenvalue weighted by atomic mass is 16.3. The van der Waals surface area contributed by atoms with Crippen molar-refractivity contribution in [3.63, 3.8) is 0 Å². The summed E-state index contributed by atoms with van der Waals surface area (Å²) in [5.74, 6) is 3.50. The first kappa shape index (κ1) is 112. The van der Waals surface area contributed by atoms with E-state index in [1.807, 2.05) is 182 Å². The number of ketones is 6. The summed E-state index contributed by atoms with van der Waals surface area (Å²) in [4.78, 5) is 78.2. The number of likely N-dealkylation sites (N-methyl/N-ethyl adjacent to an activating group) is 2. The Hall–Kier alpha value is -7.02. The molecule has 132 heavy (non-hydrogen) atoms. The fraction of sp³-hybridized carbons (Fsp3) is 0.641. The van der Waals surface area contributed by atoms with E-state index >= 15 is 0 Å². The second kappa shape index (κ2) is 56.0. The molecule has 0 aromatic heterocycles. The predicted molar refractivity (Wildman–Crippen MR) is 548 cm³/mol. The lowest BCUT2D eigenvalue weighted by atomic mass is 9.74. The van der Waals surface area contributed by atoms with Crippen LogP contribution in [-0.4, -0.2) is 255 Å². The predicted octanol–water partition coefficient (Wildman–Crippen LogP) is 23.9. The van der Waals surface area contributed by atoms with Crippen LogP contribution in [-0.2, 0) is 0 Å². The van der Waals surface area contributed by atoms with Crippen molar-refractivity contribution in [2.45, 2.75) is 322 Å². The fourth-order valence-electron chi connectivity index (χ4n) is 24.7. The molecular formula is C117H186N6O9+6. The van der Waals surface area contributed by atoms with Gasteiger partial charge in [0.15, 0.2) is 35.2 Å². The number of likely N-dealkylation sites (tertiary alicyclic amines) is 4. The zero-order valence-electron chi connectivity index (χ0n) is 83.4. The number of hydrogen-bond acceptors (Lipinski definition) is 9. The first-order valence-corrected chi connectivity index (χ1v) is 51.9. The Morgan fingerprint density at radius 1 is 0.273 bits per heavy atom. The van der Waals surface area contributed by atoms with Gasteiger partial charge < -0.3 is 42.2 Å². The number of rotatable bonds is 36. The lowest BCUT2D eigenvalue weighted by Crippen LogP contribution is -2.56. The van der Waals surface area contributed by atoms with Crippen LogP contribution in [0.25, 0.3) is 0 Å². The number of quaternary nitrogens is 6. The van der Waals surface area contributed by atoms with Gasteiger partial charge in [-0.3, -0.25) is 28.8 Å². The maximum Gasteiger partial charge on any atom is 0.219 e. The minimum absolute atomic E-state index is 0. The smallest absolute Gasteiger partial charge is 0.219 e. The van der Waals surface area contributed by atoms with E-state index in [2.05, 4.69) is 91.2 Å². The zero-order valence-corrected chi connectivity index (χ0v) is 83.4. The Bertz CT molecular complexity index is 3950. The van der Waals surface area contributed by atoms with Crippen LogP contribution in [0.2, 0.25) is 0 Å². The Morgan fingerprint density at radius 3 is 0.758 bits per heavy atom. The lowest BCUT2D eigenvalue weighted by molar-refractivity contribution is -0.931. The van der Waals surface area contributed by atoms with Crippen LogP contribution < -0.4 is 0 Å². The van der Waals surface area contributed by atoms with Gasteiger partial charge in [-0.2, -0.15) is 0 Å². The number of carbonyl (C=O) groups excluding carboxylic acids is 6. The summed E-state index contributed by atoms with van der Waals surface area (Å²) < 4.78 is 6.06. The minimum Gasteiger partial charge on any atom is -0.396 e. The minimum atomic E-state index is -0.0161. The van der Waals surface area contributed by atoms with Crippen molar-refractivity contribution in [2.75, 3.05) is 130 Å². The summed E-state index contributed by atoms with van der Waals surface area (Å²) in [5.41, 5.74) is 5.16. The maximum atomic E-state index is 13.1. The van der Waals surface area contributed by atoms with Crippen molar-refractivity contribution in [3.05, 3.63) is 215 Å². The molecule has 15 heteroatoms.